The molecular weight excluding hydrogens is 310 g/mol. The minimum absolute atomic E-state index is 0.322. The number of aliphatic imine (C=N–C) groups is 1. The summed E-state index contributed by atoms with van der Waals surface area (Å²) in [6.45, 7) is 2.10. The number of thiophene rings is 1. The van der Waals surface area contributed by atoms with Gasteiger partial charge in [0.25, 0.3) is 0 Å². The Bertz CT molecular complexity index is 743. The molecule has 1 aliphatic heterocycles. The minimum atomic E-state index is -0.381. The van der Waals surface area contributed by atoms with Gasteiger partial charge in [-0.2, -0.15) is 0 Å². The zero-order valence-corrected chi connectivity index (χ0v) is 13.3. The number of anilines is 1. The van der Waals surface area contributed by atoms with Crippen LogP contribution in [0, 0.1) is 0 Å². The molecule has 1 N–H and O–H groups in total. The fraction of sp³-hybridized carbons (Fsp3) is 0.333. The maximum atomic E-state index is 12.1. The van der Waals surface area contributed by atoms with Crippen LogP contribution in [0.1, 0.15) is 16.6 Å². The summed E-state index contributed by atoms with van der Waals surface area (Å²) in [7, 11) is 1.84. The molecule has 0 fully saturated rings. The highest BCUT2D eigenvalue weighted by atomic mass is 32.2. The van der Waals surface area contributed by atoms with Crippen molar-refractivity contribution in [3.05, 3.63) is 4.88 Å². The van der Waals surface area contributed by atoms with E-state index < -0.39 is 0 Å². The monoisotopic (exact) mass is 323 g/mol. The number of aromatic nitrogens is 2. The number of nitrogens with zero attached hydrogens (tertiary/aromatic N) is 4. The summed E-state index contributed by atoms with van der Waals surface area (Å²) >= 11 is 2.74. The number of carbonyl (C=O) groups is 1. The zero-order valence-electron chi connectivity index (χ0n) is 11.7. The van der Waals surface area contributed by atoms with Crippen molar-refractivity contribution < 1.29 is 9.53 Å². The highest BCUT2D eigenvalue weighted by Crippen LogP contribution is 2.42. The second kappa shape index (κ2) is 5.49. The van der Waals surface area contributed by atoms with Crippen LogP contribution in [-0.4, -0.2) is 42.2 Å². The lowest BCUT2D eigenvalue weighted by atomic mass is 10.3. The van der Waals surface area contributed by atoms with Gasteiger partial charge in [-0.05, 0) is 13.2 Å². The second-order valence-electron chi connectivity index (χ2n) is 4.16. The quantitative estimate of drug-likeness (QED) is 0.527. The number of hydrogen-bond acceptors (Lipinski definition) is 9. The first kappa shape index (κ1) is 14.1. The summed E-state index contributed by atoms with van der Waals surface area (Å²) < 4.78 is 5.10. The standard InChI is InChI=1S/C12H13N5O2S2/c1-4-19-11(18)8-7-6-9(17(2)14-5-13-7)15-12(20-3)16-10(6)21-8/h5H,4H2,1-3H3,(H,13,14). The summed E-state index contributed by atoms with van der Waals surface area (Å²) in [4.78, 5) is 26.6. The van der Waals surface area contributed by atoms with Gasteiger partial charge in [0.1, 0.15) is 21.7 Å². The summed E-state index contributed by atoms with van der Waals surface area (Å²) in [5, 5.41) is 3.17. The predicted octanol–water partition coefficient (Wildman–Crippen LogP) is 2.20. The highest BCUT2D eigenvalue weighted by Gasteiger charge is 2.26. The molecule has 7 nitrogen and oxygen atoms in total. The molecule has 0 spiro atoms. The van der Waals surface area contributed by atoms with Crippen LogP contribution < -0.4 is 10.4 Å². The molecule has 3 rings (SSSR count). The largest absolute Gasteiger partial charge is 0.462 e. The van der Waals surface area contributed by atoms with Gasteiger partial charge in [-0.1, -0.05) is 11.8 Å². The third-order valence-electron chi connectivity index (χ3n) is 2.89. The lowest BCUT2D eigenvalue weighted by Gasteiger charge is -2.16. The Labute approximate surface area is 129 Å². The lowest BCUT2D eigenvalue weighted by molar-refractivity contribution is 0.0533. The fourth-order valence-corrected chi connectivity index (χ4v) is 3.41. The first-order chi connectivity index (χ1) is 10.2. The molecule has 0 radical (unpaired) electrons. The van der Waals surface area contributed by atoms with Gasteiger partial charge >= 0.3 is 5.97 Å². The van der Waals surface area contributed by atoms with Crippen LogP contribution in [0.25, 0.3) is 10.2 Å². The average Bonchev–Trinajstić information content (AvgIpc) is 2.76. The molecule has 0 atom stereocenters. The zero-order chi connectivity index (χ0) is 15.0. The number of carbonyl (C=O) groups excluding carboxylic acids is 1. The van der Waals surface area contributed by atoms with Crippen LogP contribution >= 0.6 is 23.1 Å². The Morgan fingerprint density at radius 2 is 2.33 bits per heavy atom. The Morgan fingerprint density at radius 3 is 3.05 bits per heavy atom. The van der Waals surface area contributed by atoms with E-state index in [1.165, 1.54) is 29.4 Å². The van der Waals surface area contributed by atoms with Gasteiger partial charge in [-0.25, -0.2) is 19.8 Å². The van der Waals surface area contributed by atoms with Crippen molar-refractivity contribution in [2.24, 2.45) is 4.99 Å². The van der Waals surface area contributed by atoms with Gasteiger partial charge in [-0.15, -0.1) is 11.3 Å². The molecule has 21 heavy (non-hydrogen) atoms. The third-order valence-corrected chi connectivity index (χ3v) is 4.49. The summed E-state index contributed by atoms with van der Waals surface area (Å²) in [6.07, 6.45) is 3.44. The molecule has 0 saturated heterocycles. The van der Waals surface area contributed by atoms with E-state index in [-0.39, 0.29) is 5.97 Å². The molecule has 3 heterocycles. The molecule has 0 saturated carbocycles. The normalized spacial score (nSPS) is 13.2. The molecule has 0 aromatic carbocycles. The first-order valence-electron chi connectivity index (χ1n) is 6.23. The number of nitrogens with one attached hydrogen (secondary N) is 1. The molecule has 0 bridgehead atoms. The number of hydrogen-bond donors (Lipinski definition) is 1. The van der Waals surface area contributed by atoms with E-state index in [1.54, 1.807) is 11.9 Å². The molecule has 0 aliphatic carbocycles. The molecule has 2 aromatic heterocycles. The van der Waals surface area contributed by atoms with Crippen molar-refractivity contribution in [1.29, 1.82) is 0 Å². The third kappa shape index (κ3) is 2.32. The Hall–Kier alpha value is -1.87. The van der Waals surface area contributed by atoms with Crippen molar-refractivity contribution >= 4 is 57.1 Å². The highest BCUT2D eigenvalue weighted by molar-refractivity contribution is 7.98. The van der Waals surface area contributed by atoms with Crippen LogP contribution in [0.15, 0.2) is 10.1 Å². The Balaban J connectivity index is 2.30. The van der Waals surface area contributed by atoms with Crippen molar-refractivity contribution in [2.75, 3.05) is 24.9 Å². The maximum Gasteiger partial charge on any atom is 0.350 e. The summed E-state index contributed by atoms with van der Waals surface area (Å²) in [6, 6.07) is 0. The Kier molecular flexibility index (Phi) is 3.68. The summed E-state index contributed by atoms with van der Waals surface area (Å²) in [5.74, 6) is 0.317. The van der Waals surface area contributed by atoms with Crippen LogP contribution in [0.2, 0.25) is 0 Å². The van der Waals surface area contributed by atoms with Crippen LogP contribution in [0.3, 0.4) is 0 Å². The van der Waals surface area contributed by atoms with Crippen LogP contribution in [0.4, 0.5) is 11.5 Å². The van der Waals surface area contributed by atoms with E-state index in [9.17, 15) is 4.79 Å². The minimum Gasteiger partial charge on any atom is -0.462 e. The van der Waals surface area contributed by atoms with Gasteiger partial charge in [0.05, 0.1) is 12.0 Å². The molecule has 0 unspecified atom stereocenters. The van der Waals surface area contributed by atoms with Gasteiger partial charge in [0, 0.05) is 7.05 Å². The molecule has 0 amide bonds. The number of ether oxygens (including phenoxy) is 1. The molecule has 2 aromatic rings. The smallest absolute Gasteiger partial charge is 0.350 e. The van der Waals surface area contributed by atoms with Crippen molar-refractivity contribution in [1.82, 2.24) is 15.4 Å². The molecule has 9 heteroatoms. The predicted molar refractivity (Wildman–Crippen MR) is 84.8 cm³/mol. The fourth-order valence-electron chi connectivity index (χ4n) is 1.98. The van der Waals surface area contributed by atoms with E-state index >= 15 is 0 Å². The van der Waals surface area contributed by atoms with E-state index in [4.69, 9.17) is 4.74 Å². The van der Waals surface area contributed by atoms with Gasteiger partial charge in [0.2, 0.25) is 0 Å². The molecular formula is C12H13N5O2S2. The van der Waals surface area contributed by atoms with Crippen LogP contribution in [-0.2, 0) is 4.74 Å². The van der Waals surface area contributed by atoms with E-state index in [0.29, 0.717) is 28.1 Å². The van der Waals surface area contributed by atoms with Crippen LogP contribution in [0.5, 0.6) is 0 Å². The maximum absolute atomic E-state index is 12.1. The average molecular weight is 323 g/mol. The number of rotatable bonds is 3. The number of hydrazine groups is 1. The van der Waals surface area contributed by atoms with E-state index in [0.717, 1.165) is 10.2 Å². The number of esters is 1. The van der Waals surface area contributed by atoms with E-state index in [2.05, 4.69) is 20.4 Å². The molecule has 110 valence electrons. The topological polar surface area (TPSA) is 79.7 Å². The molecule has 1 aliphatic rings. The van der Waals surface area contributed by atoms with Crippen molar-refractivity contribution in [3.63, 3.8) is 0 Å². The van der Waals surface area contributed by atoms with Gasteiger partial charge < -0.3 is 4.74 Å². The van der Waals surface area contributed by atoms with Gasteiger partial charge in [-0.3, -0.25) is 10.4 Å². The Morgan fingerprint density at radius 1 is 1.52 bits per heavy atom. The van der Waals surface area contributed by atoms with Crippen molar-refractivity contribution in [3.8, 4) is 0 Å². The second-order valence-corrected chi connectivity index (χ2v) is 5.93. The number of thioether (sulfide) groups is 1. The lowest BCUT2D eigenvalue weighted by Crippen LogP contribution is -2.33. The first-order valence-corrected chi connectivity index (χ1v) is 8.28. The van der Waals surface area contributed by atoms with Crippen molar-refractivity contribution in [2.45, 2.75) is 12.1 Å². The SMILES string of the molecule is CCOC(=O)c1sc2nc(SC)nc3c2c1N=CNN3C. The summed E-state index contributed by atoms with van der Waals surface area (Å²) in [5.41, 5.74) is 3.54. The van der Waals surface area contributed by atoms with Gasteiger partial charge in [0.15, 0.2) is 11.0 Å². The van der Waals surface area contributed by atoms with E-state index in [1.807, 2.05) is 13.3 Å².